The molecule has 0 rings (SSSR count). The van der Waals surface area contributed by atoms with E-state index in [2.05, 4.69) is 148 Å². The number of phosphoric ester groups is 1. The minimum absolute atomic E-state index is 0.0186. The molecule has 0 fully saturated rings. The lowest BCUT2D eigenvalue weighted by molar-refractivity contribution is -0.870. The molecule has 72 heavy (non-hydrogen) atoms. The lowest BCUT2D eigenvalue weighted by atomic mass is 10.1. The Balaban J connectivity index is 4.28. The van der Waals surface area contributed by atoms with Crippen molar-refractivity contribution in [3.63, 3.8) is 0 Å². The van der Waals surface area contributed by atoms with E-state index < -0.39 is 32.5 Å². The lowest BCUT2D eigenvalue weighted by Gasteiger charge is -2.24. The summed E-state index contributed by atoms with van der Waals surface area (Å²) in [5.74, 6) is -0.838. The number of ether oxygens (including phenoxy) is 2. The molecule has 0 aromatic rings. The van der Waals surface area contributed by atoms with Crippen molar-refractivity contribution < 1.29 is 42.1 Å². The maximum atomic E-state index is 12.8. The van der Waals surface area contributed by atoms with Crippen molar-refractivity contribution in [2.75, 3.05) is 47.5 Å². The maximum Gasteiger partial charge on any atom is 0.472 e. The summed E-state index contributed by atoms with van der Waals surface area (Å²) in [5, 5.41) is 0. The Labute approximate surface area is 441 Å². The third-order valence-corrected chi connectivity index (χ3v) is 12.2. The number of carbonyl (C=O) groups is 2. The van der Waals surface area contributed by atoms with E-state index in [0.717, 1.165) is 135 Å². The van der Waals surface area contributed by atoms with Crippen molar-refractivity contribution in [2.24, 2.45) is 0 Å². The fourth-order valence-electron chi connectivity index (χ4n) is 6.93. The molecule has 2 atom stereocenters. The van der Waals surface area contributed by atoms with E-state index in [-0.39, 0.29) is 26.1 Å². The molecule has 0 heterocycles. The van der Waals surface area contributed by atoms with E-state index >= 15 is 0 Å². The van der Waals surface area contributed by atoms with Crippen LogP contribution in [0.25, 0.3) is 0 Å². The molecule has 0 saturated carbocycles. The highest BCUT2D eigenvalue weighted by Crippen LogP contribution is 2.43. The number of allylic oxidation sites excluding steroid dienone is 22. The van der Waals surface area contributed by atoms with Crippen molar-refractivity contribution in [1.29, 1.82) is 0 Å². The van der Waals surface area contributed by atoms with Gasteiger partial charge in [-0.05, 0) is 109 Å². The number of phosphoric acid groups is 1. The van der Waals surface area contributed by atoms with E-state index in [4.69, 9.17) is 18.5 Å². The molecule has 0 bridgehead atoms. The molecule has 9 nitrogen and oxygen atoms in total. The number of quaternary nitrogens is 1. The first-order valence-electron chi connectivity index (χ1n) is 27.9. The summed E-state index contributed by atoms with van der Waals surface area (Å²) in [6.07, 6.45) is 75.1. The van der Waals surface area contributed by atoms with Crippen molar-refractivity contribution in [1.82, 2.24) is 0 Å². The van der Waals surface area contributed by atoms with Crippen LogP contribution in [0.3, 0.4) is 0 Å². The summed E-state index contributed by atoms with van der Waals surface area (Å²) >= 11 is 0. The summed E-state index contributed by atoms with van der Waals surface area (Å²) < 4.78 is 34.5. The van der Waals surface area contributed by atoms with Crippen molar-refractivity contribution in [2.45, 2.75) is 200 Å². The van der Waals surface area contributed by atoms with Gasteiger partial charge in [0.25, 0.3) is 0 Å². The molecule has 0 saturated heterocycles. The molecule has 1 N–H and O–H groups in total. The van der Waals surface area contributed by atoms with E-state index in [1.165, 1.54) is 19.3 Å². The highest BCUT2D eigenvalue weighted by atomic mass is 31.2. The second-order valence-corrected chi connectivity index (χ2v) is 20.7. The van der Waals surface area contributed by atoms with Crippen LogP contribution >= 0.6 is 7.82 Å². The van der Waals surface area contributed by atoms with Gasteiger partial charge in [-0.15, -0.1) is 0 Å². The van der Waals surface area contributed by atoms with E-state index in [1.54, 1.807) is 0 Å². The van der Waals surface area contributed by atoms with Crippen LogP contribution in [0.4, 0.5) is 0 Å². The van der Waals surface area contributed by atoms with Gasteiger partial charge in [0.1, 0.15) is 19.8 Å². The van der Waals surface area contributed by atoms with Gasteiger partial charge in [0.15, 0.2) is 6.10 Å². The van der Waals surface area contributed by atoms with Crippen LogP contribution in [0.15, 0.2) is 134 Å². The summed E-state index contributed by atoms with van der Waals surface area (Å²) in [4.78, 5) is 35.7. The number of unbranched alkanes of at least 4 members (excludes halogenated alkanes) is 13. The van der Waals surface area contributed by atoms with Gasteiger partial charge >= 0.3 is 19.8 Å². The van der Waals surface area contributed by atoms with Gasteiger partial charge in [0.2, 0.25) is 0 Å². The Kier molecular flexibility index (Phi) is 49.2. The third kappa shape index (κ3) is 55.5. The topological polar surface area (TPSA) is 108 Å². The Hall–Kier alpha value is -3.85. The molecule has 0 aliphatic carbocycles. The summed E-state index contributed by atoms with van der Waals surface area (Å²) in [6, 6.07) is 0. The normalized spacial score (nSPS) is 14.4. The molecule has 0 spiro atoms. The highest BCUT2D eigenvalue weighted by molar-refractivity contribution is 7.47. The van der Waals surface area contributed by atoms with Gasteiger partial charge < -0.3 is 18.9 Å². The zero-order valence-corrected chi connectivity index (χ0v) is 47.0. The molecule has 0 aromatic carbocycles. The number of rotatable bonds is 49. The summed E-state index contributed by atoms with van der Waals surface area (Å²) in [7, 11) is 1.44. The van der Waals surface area contributed by atoms with Gasteiger partial charge in [-0.25, -0.2) is 4.57 Å². The van der Waals surface area contributed by atoms with Gasteiger partial charge in [-0.2, -0.15) is 0 Å². The molecule has 0 aromatic heterocycles. The Morgan fingerprint density at radius 1 is 0.431 bits per heavy atom. The zero-order valence-electron chi connectivity index (χ0n) is 46.1. The number of esters is 2. The van der Waals surface area contributed by atoms with Crippen LogP contribution < -0.4 is 0 Å². The van der Waals surface area contributed by atoms with Gasteiger partial charge in [-0.3, -0.25) is 18.6 Å². The van der Waals surface area contributed by atoms with Crippen LogP contribution in [-0.2, 0) is 32.7 Å². The first-order chi connectivity index (χ1) is 35.0. The molecule has 408 valence electrons. The van der Waals surface area contributed by atoms with E-state index in [1.807, 2.05) is 21.1 Å². The highest BCUT2D eigenvalue weighted by Gasteiger charge is 2.27. The predicted octanol–water partition coefficient (Wildman–Crippen LogP) is 17.4. The molecule has 0 aliphatic rings. The summed E-state index contributed by atoms with van der Waals surface area (Å²) in [5.41, 5.74) is 0. The fourth-order valence-corrected chi connectivity index (χ4v) is 7.67. The molecular weight excluding hydrogens is 918 g/mol. The van der Waals surface area contributed by atoms with Crippen molar-refractivity contribution in [3.05, 3.63) is 134 Å². The number of nitrogens with zero attached hydrogens (tertiary/aromatic N) is 1. The Bertz CT molecular complexity index is 1670. The first kappa shape index (κ1) is 68.2. The number of hydrogen-bond donors (Lipinski definition) is 1. The Morgan fingerprint density at radius 2 is 0.750 bits per heavy atom. The maximum absolute atomic E-state index is 12.8. The third-order valence-electron chi connectivity index (χ3n) is 11.2. The monoisotopic (exact) mass is 1020 g/mol. The van der Waals surface area contributed by atoms with Gasteiger partial charge in [0, 0.05) is 12.8 Å². The average molecular weight is 1020 g/mol. The molecule has 0 amide bonds. The molecule has 10 heteroatoms. The molecule has 2 unspecified atom stereocenters. The second kappa shape index (κ2) is 52.0. The minimum Gasteiger partial charge on any atom is -0.462 e. The largest absolute Gasteiger partial charge is 0.472 e. The van der Waals surface area contributed by atoms with Crippen LogP contribution in [0, 0.1) is 0 Å². The SMILES string of the molecule is CC/C=C\C/C=C\C/C=C\C/C=C\C/C=C\C/C=C\C/C=C\CCCCCCCCCC(=O)OC(COC(=O)CCCCCCCC/C=C\C/C=C\C/C=C\C/C=C\CC)COP(=O)(O)OCC[N+](C)(C)C. The van der Waals surface area contributed by atoms with Crippen molar-refractivity contribution in [3.8, 4) is 0 Å². The molecular formula is C62H103NO8P+. The quantitative estimate of drug-likeness (QED) is 0.0211. The number of hydrogen-bond acceptors (Lipinski definition) is 7. The average Bonchev–Trinajstić information content (AvgIpc) is 3.34. The molecule has 0 aliphatic heterocycles. The number of carbonyl (C=O) groups excluding carboxylic acids is 2. The van der Waals surface area contributed by atoms with Gasteiger partial charge in [0.05, 0.1) is 27.7 Å². The van der Waals surface area contributed by atoms with Crippen LogP contribution in [0.5, 0.6) is 0 Å². The standard InChI is InChI=1S/C62H102NO8P/c1-6-8-10-12-14-16-18-20-22-24-26-27-28-29-30-31-32-33-34-35-37-39-41-43-45-47-49-51-53-55-62(65)71-60(59-70-72(66,67)69-57-56-63(3,4)5)58-68-61(64)54-52-50-48-46-44-42-40-38-36-25-23-21-19-17-15-13-11-9-7-2/h8-11,14-17,20-23,26-27,29-30,32-33,35-38,60H,6-7,12-13,18-19,24-25,28,31,34,39-59H2,1-5H3/p+1/b10-8-,11-9-,16-14-,17-15-,22-20-,23-21-,27-26-,30-29-,33-32-,37-35-,38-36-. The minimum atomic E-state index is -4.40. The predicted molar refractivity (Wildman–Crippen MR) is 307 cm³/mol. The Morgan fingerprint density at radius 3 is 1.11 bits per heavy atom. The fraction of sp³-hybridized carbons (Fsp3) is 0.613. The zero-order chi connectivity index (χ0) is 52.7. The van der Waals surface area contributed by atoms with Crippen LogP contribution in [-0.4, -0.2) is 74.9 Å². The first-order valence-corrected chi connectivity index (χ1v) is 29.4. The second-order valence-electron chi connectivity index (χ2n) is 19.2. The van der Waals surface area contributed by atoms with Crippen LogP contribution in [0.2, 0.25) is 0 Å². The van der Waals surface area contributed by atoms with Gasteiger partial charge in [-0.1, -0.05) is 205 Å². The summed E-state index contributed by atoms with van der Waals surface area (Å²) in [6.45, 7) is 4.15. The van der Waals surface area contributed by atoms with E-state index in [9.17, 15) is 19.0 Å². The smallest absolute Gasteiger partial charge is 0.462 e. The van der Waals surface area contributed by atoms with Crippen LogP contribution in [0.1, 0.15) is 194 Å². The molecule has 0 radical (unpaired) electrons. The van der Waals surface area contributed by atoms with E-state index in [0.29, 0.717) is 23.9 Å². The lowest BCUT2D eigenvalue weighted by Crippen LogP contribution is -2.37. The number of likely N-dealkylation sites (N-methyl/N-ethyl adjacent to an activating group) is 1. The van der Waals surface area contributed by atoms with Crippen molar-refractivity contribution >= 4 is 19.8 Å².